The fourth-order valence-electron chi connectivity index (χ4n) is 3.19. The number of hydrogen-bond donors (Lipinski definition) is 1. The topological polar surface area (TPSA) is 50.8 Å². The molecule has 126 valence electrons. The highest BCUT2D eigenvalue weighted by Crippen LogP contribution is 2.27. The molecule has 1 aromatic rings. The lowest BCUT2D eigenvalue weighted by Crippen LogP contribution is -2.45. The predicted octanol–water partition coefficient (Wildman–Crippen LogP) is 1.98. The zero-order valence-corrected chi connectivity index (χ0v) is 13.8. The van der Waals surface area contributed by atoms with Crippen LogP contribution in [0.3, 0.4) is 0 Å². The van der Waals surface area contributed by atoms with Crippen molar-refractivity contribution in [2.24, 2.45) is 5.92 Å². The zero-order chi connectivity index (χ0) is 16.1. The minimum atomic E-state index is 0.189. The fourth-order valence-corrected chi connectivity index (χ4v) is 3.19. The van der Waals surface area contributed by atoms with E-state index in [2.05, 4.69) is 22.3 Å². The molecule has 23 heavy (non-hydrogen) atoms. The molecule has 0 aromatic heterocycles. The number of nitrogens with zero attached hydrogens (tertiary/aromatic N) is 1. The summed E-state index contributed by atoms with van der Waals surface area (Å²) in [6, 6.07) is 8.34. The highest BCUT2D eigenvalue weighted by molar-refractivity contribution is 5.79. The molecule has 1 heterocycles. The molecule has 1 amide bonds. The number of benzene rings is 1. The van der Waals surface area contributed by atoms with Gasteiger partial charge in [0.1, 0.15) is 5.75 Å². The molecule has 2 aliphatic rings. The van der Waals surface area contributed by atoms with E-state index in [0.717, 1.165) is 44.9 Å². The van der Waals surface area contributed by atoms with Gasteiger partial charge in [-0.25, -0.2) is 0 Å². The van der Waals surface area contributed by atoms with E-state index >= 15 is 0 Å². The molecular formula is C18H26N2O3. The van der Waals surface area contributed by atoms with Crippen LogP contribution < -0.4 is 10.1 Å². The maximum atomic E-state index is 12.2. The van der Waals surface area contributed by atoms with Gasteiger partial charge in [-0.2, -0.15) is 0 Å². The van der Waals surface area contributed by atoms with Gasteiger partial charge < -0.3 is 14.8 Å². The van der Waals surface area contributed by atoms with Gasteiger partial charge in [-0.3, -0.25) is 9.69 Å². The minimum absolute atomic E-state index is 0.189. The highest BCUT2D eigenvalue weighted by Gasteiger charge is 2.27. The van der Waals surface area contributed by atoms with Crippen LogP contribution in [0.1, 0.15) is 30.9 Å². The van der Waals surface area contributed by atoms with E-state index in [1.807, 2.05) is 12.1 Å². The molecule has 5 nitrogen and oxygen atoms in total. The van der Waals surface area contributed by atoms with Crippen LogP contribution in [0.4, 0.5) is 0 Å². The molecule has 0 spiro atoms. The normalized spacial score (nSPS) is 20.6. The van der Waals surface area contributed by atoms with Crippen molar-refractivity contribution in [2.75, 3.05) is 40.0 Å². The number of nitrogens with one attached hydrogen (secondary N) is 1. The van der Waals surface area contributed by atoms with Crippen LogP contribution >= 0.6 is 0 Å². The molecule has 1 saturated carbocycles. The first-order chi connectivity index (χ1) is 11.3. The van der Waals surface area contributed by atoms with E-state index in [4.69, 9.17) is 9.47 Å². The van der Waals surface area contributed by atoms with Crippen LogP contribution in [0.15, 0.2) is 24.3 Å². The van der Waals surface area contributed by atoms with Crippen molar-refractivity contribution in [1.29, 1.82) is 0 Å². The molecule has 5 heteroatoms. The molecule has 1 aliphatic heterocycles. The van der Waals surface area contributed by atoms with Crippen molar-refractivity contribution < 1.29 is 14.3 Å². The minimum Gasteiger partial charge on any atom is -0.497 e. The summed E-state index contributed by atoms with van der Waals surface area (Å²) >= 11 is 0. The quantitative estimate of drug-likeness (QED) is 0.871. The Hall–Kier alpha value is -1.59. The second kappa shape index (κ2) is 7.79. The smallest absolute Gasteiger partial charge is 0.223 e. The number of carbonyl (C=O) groups is 1. The Labute approximate surface area is 137 Å². The van der Waals surface area contributed by atoms with E-state index in [-0.39, 0.29) is 17.9 Å². The van der Waals surface area contributed by atoms with Crippen molar-refractivity contribution in [3.8, 4) is 5.75 Å². The van der Waals surface area contributed by atoms with Crippen LogP contribution in [0.25, 0.3) is 0 Å². The average molecular weight is 318 g/mol. The first-order valence-corrected chi connectivity index (χ1v) is 8.51. The molecule has 1 aliphatic carbocycles. The summed E-state index contributed by atoms with van der Waals surface area (Å²) in [5, 5.41) is 3.16. The monoisotopic (exact) mass is 318 g/mol. The van der Waals surface area contributed by atoms with E-state index in [0.29, 0.717) is 6.54 Å². The summed E-state index contributed by atoms with van der Waals surface area (Å²) in [6.07, 6.45) is 3.26. The van der Waals surface area contributed by atoms with E-state index in [1.165, 1.54) is 12.0 Å². The average Bonchev–Trinajstić information content (AvgIpc) is 2.55. The molecule has 1 unspecified atom stereocenters. The lowest BCUT2D eigenvalue weighted by molar-refractivity contribution is -0.127. The summed E-state index contributed by atoms with van der Waals surface area (Å²) in [6.45, 7) is 3.96. The van der Waals surface area contributed by atoms with Crippen LogP contribution in [0.2, 0.25) is 0 Å². The molecule has 1 atom stereocenters. The van der Waals surface area contributed by atoms with Crippen molar-refractivity contribution in [3.63, 3.8) is 0 Å². The Morgan fingerprint density at radius 3 is 2.57 bits per heavy atom. The summed E-state index contributed by atoms with van der Waals surface area (Å²) in [5.74, 6) is 1.30. The number of carbonyl (C=O) groups excluding carboxylic acids is 1. The van der Waals surface area contributed by atoms with Crippen molar-refractivity contribution in [2.45, 2.75) is 25.3 Å². The Morgan fingerprint density at radius 2 is 2.00 bits per heavy atom. The SMILES string of the molecule is COc1ccc(C(CNC(=O)C2CCC2)N2CCOCC2)cc1. The Bertz CT molecular complexity index is 508. The van der Waals surface area contributed by atoms with Gasteiger partial charge in [0.15, 0.2) is 0 Å². The molecule has 2 fully saturated rings. The van der Waals surface area contributed by atoms with Gasteiger partial charge in [0, 0.05) is 25.6 Å². The zero-order valence-electron chi connectivity index (χ0n) is 13.8. The van der Waals surface area contributed by atoms with E-state index < -0.39 is 0 Å². The molecular weight excluding hydrogens is 292 g/mol. The van der Waals surface area contributed by atoms with Gasteiger partial charge in [-0.15, -0.1) is 0 Å². The van der Waals surface area contributed by atoms with Gasteiger partial charge in [0.25, 0.3) is 0 Å². The van der Waals surface area contributed by atoms with Crippen LogP contribution in [-0.4, -0.2) is 50.8 Å². The molecule has 1 aromatic carbocycles. The first-order valence-electron chi connectivity index (χ1n) is 8.51. The van der Waals surface area contributed by atoms with Gasteiger partial charge in [0.05, 0.1) is 26.4 Å². The lowest BCUT2D eigenvalue weighted by atomic mass is 9.85. The first kappa shape index (κ1) is 16.3. The van der Waals surface area contributed by atoms with E-state index in [1.54, 1.807) is 7.11 Å². The van der Waals surface area contributed by atoms with Crippen molar-refractivity contribution in [1.82, 2.24) is 10.2 Å². The number of rotatable bonds is 6. The molecule has 1 N–H and O–H groups in total. The lowest BCUT2D eigenvalue weighted by Gasteiger charge is -2.35. The van der Waals surface area contributed by atoms with Crippen molar-refractivity contribution >= 4 is 5.91 Å². The Kier molecular flexibility index (Phi) is 5.51. The van der Waals surface area contributed by atoms with Gasteiger partial charge in [-0.05, 0) is 30.5 Å². The Morgan fingerprint density at radius 1 is 1.30 bits per heavy atom. The molecule has 0 bridgehead atoms. The number of morpholine rings is 1. The highest BCUT2D eigenvalue weighted by atomic mass is 16.5. The Balaban J connectivity index is 1.67. The van der Waals surface area contributed by atoms with Gasteiger partial charge in [-0.1, -0.05) is 18.6 Å². The fraction of sp³-hybridized carbons (Fsp3) is 0.611. The number of hydrogen-bond acceptors (Lipinski definition) is 4. The molecule has 3 rings (SSSR count). The second-order valence-electron chi connectivity index (χ2n) is 6.31. The second-order valence-corrected chi connectivity index (χ2v) is 6.31. The summed E-state index contributed by atoms with van der Waals surface area (Å²) < 4.78 is 10.7. The van der Waals surface area contributed by atoms with Gasteiger partial charge in [0.2, 0.25) is 5.91 Å². The molecule has 1 saturated heterocycles. The maximum absolute atomic E-state index is 12.2. The molecule has 0 radical (unpaired) electrons. The maximum Gasteiger partial charge on any atom is 0.223 e. The van der Waals surface area contributed by atoms with E-state index in [9.17, 15) is 4.79 Å². The van der Waals surface area contributed by atoms with Crippen LogP contribution in [0, 0.1) is 5.92 Å². The third kappa shape index (κ3) is 4.03. The predicted molar refractivity (Wildman–Crippen MR) is 88.5 cm³/mol. The third-order valence-electron chi connectivity index (χ3n) is 4.93. The summed E-state index contributed by atoms with van der Waals surface area (Å²) in [5.41, 5.74) is 1.21. The van der Waals surface area contributed by atoms with Crippen molar-refractivity contribution in [3.05, 3.63) is 29.8 Å². The number of amides is 1. The standard InChI is InChI=1S/C18H26N2O3/c1-22-16-7-5-14(6-8-16)17(20-9-11-23-12-10-20)13-19-18(21)15-3-2-4-15/h5-8,15,17H,2-4,9-13H2,1H3,(H,19,21). The number of ether oxygens (including phenoxy) is 2. The number of methoxy groups -OCH3 is 1. The summed E-state index contributed by atoms with van der Waals surface area (Å²) in [7, 11) is 1.67. The third-order valence-corrected chi connectivity index (χ3v) is 4.93. The summed E-state index contributed by atoms with van der Waals surface area (Å²) in [4.78, 5) is 14.6. The van der Waals surface area contributed by atoms with Gasteiger partial charge >= 0.3 is 0 Å². The van der Waals surface area contributed by atoms with Crippen LogP contribution in [-0.2, 0) is 9.53 Å². The van der Waals surface area contributed by atoms with Crippen LogP contribution in [0.5, 0.6) is 5.75 Å². The largest absolute Gasteiger partial charge is 0.497 e.